The van der Waals surface area contributed by atoms with Gasteiger partial charge in [0.15, 0.2) is 5.96 Å². The molecule has 7 nitrogen and oxygen atoms in total. The maximum Gasteiger partial charge on any atom is 0.224 e. The summed E-state index contributed by atoms with van der Waals surface area (Å²) in [5.41, 5.74) is 1.17. The van der Waals surface area contributed by atoms with E-state index in [0.717, 1.165) is 50.0 Å². The molecule has 0 spiro atoms. The second kappa shape index (κ2) is 11.4. The summed E-state index contributed by atoms with van der Waals surface area (Å²) in [5.74, 6) is 1.83. The van der Waals surface area contributed by atoms with Gasteiger partial charge < -0.3 is 20.4 Å². The normalized spacial score (nSPS) is 14.5. The van der Waals surface area contributed by atoms with E-state index in [4.69, 9.17) is 11.6 Å². The minimum absolute atomic E-state index is 0.164. The van der Waals surface area contributed by atoms with Gasteiger partial charge in [-0.2, -0.15) is 0 Å². The second-order valence-electron chi connectivity index (χ2n) is 7.11. The maximum atomic E-state index is 12.5. The lowest BCUT2D eigenvalue weighted by molar-refractivity contribution is -0.131. The van der Waals surface area contributed by atoms with Gasteiger partial charge in [-0.05, 0) is 36.2 Å². The highest BCUT2D eigenvalue weighted by Gasteiger charge is 2.21. The molecule has 0 bridgehead atoms. The van der Waals surface area contributed by atoms with Crippen LogP contribution in [0.5, 0.6) is 0 Å². The van der Waals surface area contributed by atoms with Gasteiger partial charge in [0.1, 0.15) is 5.82 Å². The number of nitrogens with zero attached hydrogens (tertiary/aromatic N) is 4. The molecule has 1 aromatic heterocycles. The van der Waals surface area contributed by atoms with Gasteiger partial charge in [0.25, 0.3) is 0 Å². The number of benzene rings is 1. The number of aliphatic imine (C=N–C) groups is 1. The summed E-state index contributed by atoms with van der Waals surface area (Å²) in [6.07, 6.45) is 3.09. The van der Waals surface area contributed by atoms with Crippen molar-refractivity contribution < 1.29 is 4.79 Å². The van der Waals surface area contributed by atoms with Crippen molar-refractivity contribution in [1.82, 2.24) is 20.5 Å². The summed E-state index contributed by atoms with van der Waals surface area (Å²) in [6, 6.07) is 13.7. The fraction of sp³-hybridized carbons (Fsp3) is 0.409. The molecule has 0 saturated carbocycles. The van der Waals surface area contributed by atoms with Gasteiger partial charge in [-0.15, -0.1) is 0 Å². The van der Waals surface area contributed by atoms with Gasteiger partial charge >= 0.3 is 0 Å². The van der Waals surface area contributed by atoms with E-state index in [0.29, 0.717) is 18.9 Å². The van der Waals surface area contributed by atoms with Gasteiger partial charge in [-0.25, -0.2) is 4.98 Å². The highest BCUT2D eigenvalue weighted by molar-refractivity contribution is 6.30. The van der Waals surface area contributed by atoms with Crippen LogP contribution >= 0.6 is 11.6 Å². The van der Waals surface area contributed by atoms with Crippen LogP contribution in [0.1, 0.15) is 12.0 Å². The third kappa shape index (κ3) is 6.62. The van der Waals surface area contributed by atoms with Crippen LogP contribution in [0.15, 0.2) is 53.7 Å². The number of carbonyl (C=O) groups is 1. The summed E-state index contributed by atoms with van der Waals surface area (Å²) in [5, 5.41) is 7.23. The first kappa shape index (κ1) is 21.9. The molecule has 1 amide bonds. The number of carbonyl (C=O) groups excluding carboxylic acids is 1. The Morgan fingerprint density at radius 3 is 2.60 bits per heavy atom. The Labute approximate surface area is 183 Å². The second-order valence-corrected chi connectivity index (χ2v) is 7.55. The van der Waals surface area contributed by atoms with Gasteiger partial charge in [-0.1, -0.05) is 29.8 Å². The van der Waals surface area contributed by atoms with Gasteiger partial charge in [0.2, 0.25) is 5.91 Å². The molecule has 160 valence electrons. The minimum Gasteiger partial charge on any atom is -0.356 e. The molecule has 30 heavy (non-hydrogen) atoms. The van der Waals surface area contributed by atoms with E-state index in [1.807, 2.05) is 41.3 Å². The SMILES string of the molecule is CN=C(NCCC(=O)N1CCN(c2ccccn2)CC1)NCCc1cccc(Cl)c1. The molecule has 8 heteroatoms. The minimum atomic E-state index is 0.164. The molecule has 2 heterocycles. The monoisotopic (exact) mass is 428 g/mol. The van der Waals surface area contributed by atoms with Crippen LogP contribution in [-0.4, -0.2) is 68.1 Å². The van der Waals surface area contributed by atoms with Crippen LogP contribution < -0.4 is 15.5 Å². The lowest BCUT2D eigenvalue weighted by Crippen LogP contribution is -2.49. The van der Waals surface area contributed by atoms with Crippen molar-refractivity contribution in [3.8, 4) is 0 Å². The van der Waals surface area contributed by atoms with E-state index in [9.17, 15) is 4.79 Å². The molecule has 1 fully saturated rings. The topological polar surface area (TPSA) is 72.9 Å². The van der Waals surface area contributed by atoms with Crippen LogP contribution in [0, 0.1) is 0 Å². The van der Waals surface area contributed by atoms with E-state index in [-0.39, 0.29) is 5.91 Å². The number of halogens is 1. The molecule has 0 radical (unpaired) electrons. The zero-order chi connectivity index (χ0) is 21.2. The Hall–Kier alpha value is -2.80. The number of piperazine rings is 1. The summed E-state index contributed by atoms with van der Waals surface area (Å²) in [4.78, 5) is 25.3. The fourth-order valence-corrected chi connectivity index (χ4v) is 3.62. The summed E-state index contributed by atoms with van der Waals surface area (Å²) >= 11 is 6.02. The molecule has 1 saturated heterocycles. The molecule has 0 atom stereocenters. The lowest BCUT2D eigenvalue weighted by Gasteiger charge is -2.35. The number of guanidine groups is 1. The fourth-order valence-electron chi connectivity index (χ4n) is 3.41. The molecule has 3 rings (SSSR count). The highest BCUT2D eigenvalue weighted by Crippen LogP contribution is 2.13. The Morgan fingerprint density at radius 2 is 1.90 bits per heavy atom. The van der Waals surface area contributed by atoms with Crippen molar-refractivity contribution in [2.45, 2.75) is 12.8 Å². The standard InChI is InChI=1S/C22H29ClN6O/c1-24-22(26-11-8-18-5-4-6-19(23)17-18)27-12-9-21(30)29-15-13-28(14-16-29)20-7-2-3-10-25-20/h2-7,10,17H,8-9,11-16H2,1H3,(H2,24,26,27). The van der Waals surface area contributed by atoms with Crippen molar-refractivity contribution in [3.05, 3.63) is 59.2 Å². The molecule has 1 aromatic carbocycles. The predicted octanol–water partition coefficient (Wildman–Crippen LogP) is 2.18. The summed E-state index contributed by atoms with van der Waals surface area (Å²) in [6.45, 7) is 4.36. The van der Waals surface area contributed by atoms with Crippen LogP contribution in [0.2, 0.25) is 5.02 Å². The summed E-state index contributed by atoms with van der Waals surface area (Å²) < 4.78 is 0. The van der Waals surface area contributed by atoms with E-state index in [2.05, 4.69) is 31.6 Å². The van der Waals surface area contributed by atoms with Crippen molar-refractivity contribution >= 4 is 29.3 Å². The van der Waals surface area contributed by atoms with Crippen LogP contribution in [0.4, 0.5) is 5.82 Å². The Kier molecular flexibility index (Phi) is 8.32. The average molecular weight is 429 g/mol. The number of aromatic nitrogens is 1. The molecular weight excluding hydrogens is 400 g/mol. The largest absolute Gasteiger partial charge is 0.356 e. The van der Waals surface area contributed by atoms with Gasteiger partial charge in [0.05, 0.1) is 0 Å². The zero-order valence-electron chi connectivity index (χ0n) is 17.4. The van der Waals surface area contributed by atoms with Crippen LogP contribution in [0.3, 0.4) is 0 Å². The van der Waals surface area contributed by atoms with E-state index >= 15 is 0 Å². The highest BCUT2D eigenvalue weighted by atomic mass is 35.5. The molecule has 2 aromatic rings. The molecule has 1 aliphatic heterocycles. The van der Waals surface area contributed by atoms with Crippen molar-refractivity contribution in [1.29, 1.82) is 0 Å². The maximum absolute atomic E-state index is 12.5. The van der Waals surface area contributed by atoms with Gasteiger partial charge in [0, 0.05) is 64.0 Å². The van der Waals surface area contributed by atoms with E-state index in [1.165, 1.54) is 5.56 Å². The van der Waals surface area contributed by atoms with Crippen LogP contribution in [-0.2, 0) is 11.2 Å². The summed E-state index contributed by atoms with van der Waals surface area (Å²) in [7, 11) is 1.73. The number of anilines is 1. The predicted molar refractivity (Wildman–Crippen MR) is 122 cm³/mol. The first-order valence-corrected chi connectivity index (χ1v) is 10.7. The number of pyridine rings is 1. The van der Waals surface area contributed by atoms with Crippen molar-refractivity contribution in [2.24, 2.45) is 4.99 Å². The average Bonchev–Trinajstić information content (AvgIpc) is 2.78. The molecule has 0 unspecified atom stereocenters. The first-order chi connectivity index (χ1) is 14.7. The molecule has 2 N–H and O–H groups in total. The first-order valence-electron chi connectivity index (χ1n) is 10.3. The third-order valence-electron chi connectivity index (χ3n) is 5.06. The van der Waals surface area contributed by atoms with Crippen molar-refractivity contribution in [3.63, 3.8) is 0 Å². The van der Waals surface area contributed by atoms with Crippen molar-refractivity contribution in [2.75, 3.05) is 51.2 Å². The Balaban J connectivity index is 1.33. The number of amides is 1. The molecular formula is C22H29ClN6O. The quantitative estimate of drug-likeness (QED) is 0.522. The Bertz CT molecular complexity index is 837. The molecule has 1 aliphatic rings. The number of hydrogen-bond donors (Lipinski definition) is 2. The number of rotatable bonds is 7. The van der Waals surface area contributed by atoms with Gasteiger partial charge in [-0.3, -0.25) is 9.79 Å². The third-order valence-corrected chi connectivity index (χ3v) is 5.29. The Morgan fingerprint density at radius 1 is 1.10 bits per heavy atom. The van der Waals surface area contributed by atoms with E-state index < -0.39 is 0 Å². The lowest BCUT2D eigenvalue weighted by atomic mass is 10.1. The zero-order valence-corrected chi connectivity index (χ0v) is 18.1. The number of hydrogen-bond acceptors (Lipinski definition) is 4. The van der Waals surface area contributed by atoms with E-state index in [1.54, 1.807) is 13.2 Å². The molecule has 0 aliphatic carbocycles. The smallest absolute Gasteiger partial charge is 0.224 e. The van der Waals surface area contributed by atoms with Crippen LogP contribution in [0.25, 0.3) is 0 Å². The number of nitrogens with one attached hydrogen (secondary N) is 2.